The van der Waals surface area contributed by atoms with Gasteiger partial charge in [0.2, 0.25) is 5.91 Å². The van der Waals surface area contributed by atoms with Crippen LogP contribution in [0.2, 0.25) is 0 Å². The number of aliphatic hydroxyl groups excluding tert-OH is 1. The van der Waals surface area contributed by atoms with Gasteiger partial charge < -0.3 is 30.5 Å². The molecule has 0 saturated heterocycles. The highest BCUT2D eigenvalue weighted by atomic mass is 16.5. The molecule has 0 heterocycles. The molecule has 10 heteroatoms. The second kappa shape index (κ2) is 19.1. The number of rotatable bonds is 17. The predicted molar refractivity (Wildman–Crippen MR) is 179 cm³/mol. The molecular formula is C37H47N3O7. The summed E-state index contributed by atoms with van der Waals surface area (Å²) in [7, 11) is 0. The maximum Gasteiger partial charge on any atom is 0.407 e. The molecule has 0 radical (unpaired) electrons. The normalized spacial score (nSPS) is 13.6. The number of hydrogen-bond acceptors (Lipinski definition) is 7. The van der Waals surface area contributed by atoms with E-state index in [0.29, 0.717) is 6.42 Å². The van der Waals surface area contributed by atoms with Gasteiger partial charge in [0.05, 0.1) is 6.04 Å². The summed E-state index contributed by atoms with van der Waals surface area (Å²) in [6.45, 7) is 7.72. The highest BCUT2D eigenvalue weighted by molar-refractivity contribution is 5.92. The van der Waals surface area contributed by atoms with Crippen molar-refractivity contribution in [1.82, 2.24) is 16.0 Å². The molecule has 0 aliphatic rings. The number of aliphatic hydroxyl groups is 1. The van der Waals surface area contributed by atoms with Crippen LogP contribution in [0.15, 0.2) is 91.0 Å². The summed E-state index contributed by atoms with van der Waals surface area (Å²) in [4.78, 5) is 52.8. The number of carbonyl (C=O) groups is 4. The Morgan fingerprint density at radius 3 is 1.55 bits per heavy atom. The number of alkyl carbamates (subject to hydrolysis) is 1. The fourth-order valence-corrected chi connectivity index (χ4v) is 4.96. The summed E-state index contributed by atoms with van der Waals surface area (Å²) in [6.07, 6.45) is -1.82. The van der Waals surface area contributed by atoms with Crippen LogP contribution in [0.5, 0.6) is 0 Å². The Labute approximate surface area is 277 Å². The van der Waals surface area contributed by atoms with E-state index < -0.39 is 48.1 Å². The van der Waals surface area contributed by atoms with Gasteiger partial charge in [0.25, 0.3) is 5.91 Å². The first-order valence-corrected chi connectivity index (χ1v) is 16.0. The van der Waals surface area contributed by atoms with E-state index in [2.05, 4.69) is 16.0 Å². The third-order valence-electron chi connectivity index (χ3n) is 7.34. The van der Waals surface area contributed by atoms with E-state index in [-0.39, 0.29) is 37.9 Å². The van der Waals surface area contributed by atoms with Crippen molar-refractivity contribution in [3.63, 3.8) is 0 Å². The van der Waals surface area contributed by atoms with Gasteiger partial charge in [0, 0.05) is 0 Å². The Morgan fingerprint density at radius 2 is 1.04 bits per heavy atom. The number of esters is 1. The molecule has 0 aliphatic carbocycles. The predicted octanol–water partition coefficient (Wildman–Crippen LogP) is 4.69. The number of amides is 3. The van der Waals surface area contributed by atoms with Crippen molar-refractivity contribution in [3.05, 3.63) is 108 Å². The first-order valence-electron chi connectivity index (χ1n) is 16.0. The van der Waals surface area contributed by atoms with Crippen molar-refractivity contribution in [3.8, 4) is 0 Å². The highest BCUT2D eigenvalue weighted by Gasteiger charge is 2.33. The highest BCUT2D eigenvalue weighted by Crippen LogP contribution is 2.13. The molecule has 252 valence electrons. The molecule has 4 atom stereocenters. The number of ether oxygens (including phenoxy) is 2. The Kier molecular flexibility index (Phi) is 14.9. The molecule has 4 N–H and O–H groups in total. The SMILES string of the molecule is CC(C)C[C@H](NC(=O)[C@@H](O)[C@@H](Cc1ccccc1)NC(=O)OCc1ccccc1)C(=O)N[C@H](CC(C)C)C(=O)OCc1ccccc1. The van der Waals surface area contributed by atoms with Crippen LogP contribution in [0.1, 0.15) is 57.2 Å². The van der Waals surface area contributed by atoms with E-state index in [0.717, 1.165) is 16.7 Å². The quantitative estimate of drug-likeness (QED) is 0.156. The summed E-state index contributed by atoms with van der Waals surface area (Å²) in [5.74, 6) is -1.94. The van der Waals surface area contributed by atoms with Gasteiger partial charge in [-0.15, -0.1) is 0 Å². The lowest BCUT2D eigenvalue weighted by Crippen LogP contribution is -2.57. The molecule has 0 bridgehead atoms. The second-order valence-corrected chi connectivity index (χ2v) is 12.4. The number of nitrogens with one attached hydrogen (secondary N) is 3. The Bertz CT molecular complexity index is 1400. The van der Waals surface area contributed by atoms with Gasteiger partial charge in [-0.25, -0.2) is 9.59 Å². The molecule has 10 nitrogen and oxygen atoms in total. The molecular weight excluding hydrogens is 598 g/mol. The zero-order chi connectivity index (χ0) is 34.2. The lowest BCUT2D eigenvalue weighted by molar-refractivity contribution is -0.150. The minimum absolute atomic E-state index is 0.00891. The van der Waals surface area contributed by atoms with Crippen LogP contribution in [0.3, 0.4) is 0 Å². The minimum atomic E-state index is -1.72. The second-order valence-electron chi connectivity index (χ2n) is 12.4. The standard InChI is InChI=1S/C37H47N3O7/c1-25(2)20-31(34(42)39-32(21-26(3)4)36(44)46-23-28-16-10-6-11-17-28)38-35(43)33(41)30(22-27-14-8-5-9-15-27)40-37(45)47-24-29-18-12-7-13-19-29/h5-19,25-26,30-33,41H,20-24H2,1-4H3,(H,38,43)(H,39,42)(H,40,45)/t30-,31+,32-,33+/m1/s1. The Balaban J connectivity index is 1.70. The van der Waals surface area contributed by atoms with E-state index >= 15 is 0 Å². The van der Waals surface area contributed by atoms with E-state index in [4.69, 9.17) is 9.47 Å². The van der Waals surface area contributed by atoms with E-state index in [1.807, 2.05) is 119 Å². The molecule has 0 fully saturated rings. The molecule has 0 aliphatic heterocycles. The summed E-state index contributed by atoms with van der Waals surface area (Å²) >= 11 is 0. The first kappa shape index (κ1) is 36.8. The summed E-state index contributed by atoms with van der Waals surface area (Å²) in [6, 6.07) is 24.4. The number of hydrogen-bond donors (Lipinski definition) is 4. The van der Waals surface area contributed by atoms with Gasteiger partial charge in [-0.05, 0) is 47.8 Å². The fourth-order valence-electron chi connectivity index (χ4n) is 4.96. The molecule has 0 spiro atoms. The lowest BCUT2D eigenvalue weighted by atomic mass is 9.98. The van der Waals surface area contributed by atoms with E-state index in [9.17, 15) is 24.3 Å². The average Bonchev–Trinajstić information content (AvgIpc) is 3.06. The Morgan fingerprint density at radius 1 is 0.596 bits per heavy atom. The van der Waals surface area contributed by atoms with Gasteiger partial charge in [0.15, 0.2) is 6.10 Å². The van der Waals surface area contributed by atoms with Crippen molar-refractivity contribution in [2.75, 3.05) is 0 Å². The zero-order valence-corrected chi connectivity index (χ0v) is 27.6. The summed E-state index contributed by atoms with van der Waals surface area (Å²) in [5, 5.41) is 19.3. The van der Waals surface area contributed by atoms with Crippen LogP contribution in [-0.2, 0) is 43.5 Å². The maximum atomic E-state index is 13.6. The topological polar surface area (TPSA) is 143 Å². The molecule has 3 aromatic carbocycles. The van der Waals surface area contributed by atoms with Crippen molar-refractivity contribution in [1.29, 1.82) is 0 Å². The molecule has 3 rings (SSSR count). The Hall–Kier alpha value is -4.70. The van der Waals surface area contributed by atoms with Crippen molar-refractivity contribution in [2.45, 2.75) is 84.4 Å². The van der Waals surface area contributed by atoms with E-state index in [1.54, 1.807) is 0 Å². The van der Waals surface area contributed by atoms with Crippen LogP contribution in [-0.4, -0.2) is 53.2 Å². The van der Waals surface area contributed by atoms with Crippen LogP contribution < -0.4 is 16.0 Å². The molecule has 0 unspecified atom stereocenters. The molecule has 47 heavy (non-hydrogen) atoms. The van der Waals surface area contributed by atoms with Crippen LogP contribution >= 0.6 is 0 Å². The first-order chi connectivity index (χ1) is 22.5. The van der Waals surface area contributed by atoms with Gasteiger partial charge >= 0.3 is 12.1 Å². The summed E-state index contributed by atoms with van der Waals surface area (Å²) in [5.41, 5.74) is 2.37. The molecule has 0 saturated carbocycles. The minimum Gasteiger partial charge on any atom is -0.459 e. The van der Waals surface area contributed by atoms with Gasteiger partial charge in [-0.1, -0.05) is 119 Å². The monoisotopic (exact) mass is 645 g/mol. The van der Waals surface area contributed by atoms with Gasteiger partial charge in [0.1, 0.15) is 25.3 Å². The van der Waals surface area contributed by atoms with Crippen molar-refractivity contribution >= 4 is 23.9 Å². The van der Waals surface area contributed by atoms with Gasteiger partial charge in [-0.2, -0.15) is 0 Å². The average molecular weight is 646 g/mol. The largest absolute Gasteiger partial charge is 0.459 e. The molecule has 3 amide bonds. The molecule has 3 aromatic rings. The maximum absolute atomic E-state index is 13.6. The fraction of sp³-hybridized carbons (Fsp3) is 0.405. The van der Waals surface area contributed by atoms with E-state index in [1.165, 1.54) is 0 Å². The van der Waals surface area contributed by atoms with Gasteiger partial charge in [-0.3, -0.25) is 9.59 Å². The van der Waals surface area contributed by atoms with Crippen molar-refractivity contribution < 1.29 is 33.8 Å². The number of carbonyl (C=O) groups excluding carboxylic acids is 4. The smallest absolute Gasteiger partial charge is 0.407 e. The zero-order valence-electron chi connectivity index (χ0n) is 27.6. The van der Waals surface area contributed by atoms with Crippen LogP contribution in [0, 0.1) is 11.8 Å². The molecule has 0 aromatic heterocycles. The summed E-state index contributed by atoms with van der Waals surface area (Å²) < 4.78 is 10.9. The third kappa shape index (κ3) is 13.3. The lowest BCUT2D eigenvalue weighted by Gasteiger charge is -2.27. The van der Waals surface area contributed by atoms with Crippen molar-refractivity contribution in [2.24, 2.45) is 11.8 Å². The van der Waals surface area contributed by atoms with Crippen LogP contribution in [0.4, 0.5) is 4.79 Å². The third-order valence-corrected chi connectivity index (χ3v) is 7.34. The number of benzene rings is 3. The van der Waals surface area contributed by atoms with Crippen LogP contribution in [0.25, 0.3) is 0 Å².